The lowest BCUT2D eigenvalue weighted by Gasteiger charge is -2.24. The van der Waals surface area contributed by atoms with E-state index in [0.29, 0.717) is 0 Å². The van der Waals surface area contributed by atoms with Crippen molar-refractivity contribution in [3.05, 3.63) is 177 Å². The predicted octanol–water partition coefficient (Wildman–Crippen LogP) is 9.23. The van der Waals surface area contributed by atoms with Crippen molar-refractivity contribution in [2.75, 3.05) is 19.0 Å². The molecule has 7 rings (SSSR count). The summed E-state index contributed by atoms with van der Waals surface area (Å²) in [4.78, 5) is 2.10. The summed E-state index contributed by atoms with van der Waals surface area (Å²) in [6.45, 7) is 13.5. The maximum absolute atomic E-state index is 3.62. The van der Waals surface area contributed by atoms with Crippen LogP contribution in [0.5, 0.6) is 0 Å². The topological polar surface area (TPSA) is 3.24 Å². The van der Waals surface area contributed by atoms with Crippen molar-refractivity contribution in [1.82, 2.24) is 0 Å². The van der Waals surface area contributed by atoms with Crippen LogP contribution in [0, 0.1) is 65.2 Å². The molecule has 0 fully saturated rings. The molecule has 0 aliphatic heterocycles. The standard InChI is InChI=1S/C50H44BN/c1-33-29-35(3)49(36(4)30-33)51(50-37(5)31-34(2)32-38(50)6)41-23-17-39(18-24-41)21-27-47-43-13-9-11-15-45(43)48(46-16-12-10-14-44(46)47)28-22-40-19-25-42(26-20-40)52(7)8/h9-20,23-26,29-32H,1-8H3. The fraction of sp³-hybridized carbons (Fsp3) is 0.160. The van der Waals surface area contributed by atoms with Crippen LogP contribution >= 0.6 is 0 Å². The third kappa shape index (κ3) is 6.74. The smallest absolute Gasteiger partial charge is 0.242 e. The van der Waals surface area contributed by atoms with E-state index in [4.69, 9.17) is 0 Å². The third-order valence-electron chi connectivity index (χ3n) is 10.3. The van der Waals surface area contributed by atoms with E-state index in [1.165, 1.54) is 49.8 Å². The number of aryl methyl sites for hydroxylation is 6. The molecular weight excluding hydrogens is 625 g/mol. The maximum atomic E-state index is 3.62. The monoisotopic (exact) mass is 669 g/mol. The van der Waals surface area contributed by atoms with Crippen molar-refractivity contribution in [2.45, 2.75) is 41.5 Å². The highest BCUT2D eigenvalue weighted by Crippen LogP contribution is 2.32. The Morgan fingerprint density at radius 1 is 0.423 bits per heavy atom. The van der Waals surface area contributed by atoms with Crippen LogP contribution in [-0.4, -0.2) is 20.8 Å². The van der Waals surface area contributed by atoms with Crippen molar-refractivity contribution in [3.8, 4) is 23.7 Å². The first-order valence-electron chi connectivity index (χ1n) is 18.1. The number of fused-ring (bicyclic) bond motifs is 2. The van der Waals surface area contributed by atoms with Gasteiger partial charge in [-0.15, -0.1) is 0 Å². The Balaban J connectivity index is 1.31. The maximum Gasteiger partial charge on any atom is 0.242 e. The first-order chi connectivity index (χ1) is 25.1. The molecule has 0 saturated heterocycles. The Morgan fingerprint density at radius 3 is 1.12 bits per heavy atom. The Morgan fingerprint density at radius 2 is 0.769 bits per heavy atom. The van der Waals surface area contributed by atoms with Gasteiger partial charge in [0.2, 0.25) is 6.71 Å². The predicted molar refractivity (Wildman–Crippen MR) is 227 cm³/mol. The first kappa shape index (κ1) is 34.5. The van der Waals surface area contributed by atoms with Gasteiger partial charge in [0, 0.05) is 42.0 Å². The summed E-state index contributed by atoms with van der Waals surface area (Å²) in [6.07, 6.45) is 0. The molecule has 0 saturated carbocycles. The fourth-order valence-corrected chi connectivity index (χ4v) is 8.04. The van der Waals surface area contributed by atoms with Crippen molar-refractivity contribution >= 4 is 50.3 Å². The van der Waals surface area contributed by atoms with E-state index >= 15 is 0 Å². The lowest BCUT2D eigenvalue weighted by Crippen LogP contribution is -2.55. The SMILES string of the molecule is Cc1cc(C)c(B(c2ccc(C#Cc3c4ccccc4c(C#Cc4ccc(N(C)C)cc4)c4ccccc34)cc2)c2c(C)cc(C)cc2C)c(C)c1. The third-order valence-corrected chi connectivity index (χ3v) is 10.3. The molecule has 7 aromatic carbocycles. The Bertz CT molecular complexity index is 2440. The molecular formula is C50H44BN. The Hall–Kier alpha value is -5.96. The molecule has 2 heteroatoms. The van der Waals surface area contributed by atoms with Crippen LogP contribution in [0.4, 0.5) is 5.69 Å². The molecule has 252 valence electrons. The van der Waals surface area contributed by atoms with E-state index in [2.05, 4.69) is 206 Å². The van der Waals surface area contributed by atoms with E-state index in [9.17, 15) is 0 Å². The van der Waals surface area contributed by atoms with E-state index in [1.54, 1.807) is 0 Å². The summed E-state index contributed by atoms with van der Waals surface area (Å²) in [7, 11) is 4.10. The molecule has 1 nitrogen and oxygen atoms in total. The number of hydrogen-bond acceptors (Lipinski definition) is 1. The van der Waals surface area contributed by atoms with Gasteiger partial charge in [-0.25, -0.2) is 0 Å². The molecule has 0 N–H and O–H groups in total. The Kier molecular flexibility index (Phi) is 9.52. The molecule has 0 atom stereocenters. The highest BCUT2D eigenvalue weighted by Gasteiger charge is 2.28. The van der Waals surface area contributed by atoms with Crippen LogP contribution in [0.15, 0.2) is 121 Å². The molecule has 0 aromatic heterocycles. The summed E-state index contributed by atoms with van der Waals surface area (Å²) in [5, 5.41) is 4.48. The summed E-state index contributed by atoms with van der Waals surface area (Å²) >= 11 is 0. The minimum atomic E-state index is 0.135. The van der Waals surface area contributed by atoms with Gasteiger partial charge in [0.15, 0.2) is 0 Å². The van der Waals surface area contributed by atoms with Crippen molar-refractivity contribution in [3.63, 3.8) is 0 Å². The molecule has 0 unspecified atom stereocenters. The molecule has 0 heterocycles. The van der Waals surface area contributed by atoms with Gasteiger partial charge in [-0.05, 0) is 99.5 Å². The minimum absolute atomic E-state index is 0.135. The van der Waals surface area contributed by atoms with E-state index in [1.807, 2.05) is 0 Å². The van der Waals surface area contributed by atoms with E-state index in [-0.39, 0.29) is 6.71 Å². The molecule has 0 amide bonds. The second kappa shape index (κ2) is 14.3. The van der Waals surface area contributed by atoms with Gasteiger partial charge < -0.3 is 4.90 Å². The average molecular weight is 670 g/mol. The second-order valence-corrected chi connectivity index (χ2v) is 14.5. The van der Waals surface area contributed by atoms with Gasteiger partial charge in [0.25, 0.3) is 0 Å². The number of nitrogens with zero attached hydrogens (tertiary/aromatic N) is 1. The molecule has 0 radical (unpaired) electrons. The summed E-state index contributed by atoms with van der Waals surface area (Å²) < 4.78 is 0. The number of hydrogen-bond donors (Lipinski definition) is 0. The van der Waals surface area contributed by atoms with Gasteiger partial charge in [-0.2, -0.15) is 0 Å². The van der Waals surface area contributed by atoms with Crippen LogP contribution < -0.4 is 21.3 Å². The van der Waals surface area contributed by atoms with Crippen LogP contribution in [0.25, 0.3) is 21.5 Å². The van der Waals surface area contributed by atoms with Gasteiger partial charge in [0.1, 0.15) is 0 Å². The molecule has 0 spiro atoms. The van der Waals surface area contributed by atoms with E-state index < -0.39 is 0 Å². The lowest BCUT2D eigenvalue weighted by atomic mass is 9.34. The van der Waals surface area contributed by atoms with Crippen LogP contribution in [-0.2, 0) is 0 Å². The fourth-order valence-electron chi connectivity index (χ4n) is 8.04. The van der Waals surface area contributed by atoms with Crippen LogP contribution in [0.2, 0.25) is 0 Å². The van der Waals surface area contributed by atoms with Gasteiger partial charge >= 0.3 is 0 Å². The van der Waals surface area contributed by atoms with Crippen molar-refractivity contribution in [2.24, 2.45) is 0 Å². The molecule has 0 aliphatic rings. The molecule has 0 aliphatic carbocycles. The van der Waals surface area contributed by atoms with Crippen LogP contribution in [0.1, 0.15) is 55.6 Å². The zero-order valence-electron chi connectivity index (χ0n) is 31.6. The Labute approximate surface area is 310 Å². The highest BCUT2D eigenvalue weighted by atomic mass is 15.1. The average Bonchev–Trinajstić information content (AvgIpc) is 3.12. The van der Waals surface area contributed by atoms with Gasteiger partial charge in [-0.3, -0.25) is 0 Å². The first-order valence-corrected chi connectivity index (χ1v) is 18.1. The minimum Gasteiger partial charge on any atom is -0.378 e. The zero-order chi connectivity index (χ0) is 36.5. The van der Waals surface area contributed by atoms with Gasteiger partial charge in [0.05, 0.1) is 0 Å². The number of benzene rings is 7. The van der Waals surface area contributed by atoms with Gasteiger partial charge in [-0.1, -0.05) is 158 Å². The number of anilines is 1. The summed E-state index contributed by atoms with van der Waals surface area (Å²) in [6, 6.07) is 43.7. The second-order valence-electron chi connectivity index (χ2n) is 14.5. The summed E-state index contributed by atoms with van der Waals surface area (Å²) in [5.74, 6) is 14.2. The largest absolute Gasteiger partial charge is 0.378 e. The number of rotatable bonds is 4. The normalized spacial score (nSPS) is 10.8. The van der Waals surface area contributed by atoms with Crippen molar-refractivity contribution in [1.29, 1.82) is 0 Å². The van der Waals surface area contributed by atoms with Crippen molar-refractivity contribution < 1.29 is 0 Å². The zero-order valence-corrected chi connectivity index (χ0v) is 31.6. The highest BCUT2D eigenvalue weighted by molar-refractivity contribution is 6.96. The van der Waals surface area contributed by atoms with E-state index in [0.717, 1.165) is 49.5 Å². The molecule has 52 heavy (non-hydrogen) atoms. The molecule has 0 bridgehead atoms. The summed E-state index contributed by atoms with van der Waals surface area (Å²) in [5.41, 5.74) is 17.2. The molecule has 7 aromatic rings. The quantitative estimate of drug-likeness (QED) is 0.103. The lowest BCUT2D eigenvalue weighted by molar-refractivity contribution is 1.13. The van der Waals surface area contributed by atoms with Crippen LogP contribution in [0.3, 0.4) is 0 Å².